The topological polar surface area (TPSA) is 51.3 Å². The number of amides is 1. The maximum Gasteiger partial charge on any atom is 0.253 e. The van der Waals surface area contributed by atoms with Crippen molar-refractivity contribution in [3.05, 3.63) is 84.0 Å². The number of hydrogen-bond acceptors (Lipinski definition) is 3. The summed E-state index contributed by atoms with van der Waals surface area (Å²) in [7, 11) is 0. The molecule has 29 heavy (non-hydrogen) atoms. The molecule has 0 unspecified atom stereocenters. The number of piperidine rings is 1. The van der Waals surface area contributed by atoms with Crippen LogP contribution in [-0.2, 0) is 0 Å². The Bertz CT molecular complexity index is 1120. The van der Waals surface area contributed by atoms with Crippen molar-refractivity contribution < 1.29 is 9.21 Å². The minimum absolute atomic E-state index is 0.0921. The van der Waals surface area contributed by atoms with Crippen LogP contribution in [0.3, 0.4) is 0 Å². The average Bonchev–Trinajstić information content (AvgIpc) is 3.44. The van der Waals surface area contributed by atoms with Crippen molar-refractivity contribution in [2.24, 2.45) is 0 Å². The van der Waals surface area contributed by atoms with Crippen molar-refractivity contribution in [1.29, 1.82) is 0 Å². The predicted octanol–water partition coefficient (Wildman–Crippen LogP) is 4.95. The summed E-state index contributed by atoms with van der Waals surface area (Å²) < 4.78 is 7.99. The number of rotatable bonds is 3. The van der Waals surface area contributed by atoms with Crippen LogP contribution in [0.2, 0.25) is 0 Å². The highest BCUT2D eigenvalue weighted by Crippen LogP contribution is 2.30. The molecule has 2 aromatic heterocycles. The molecule has 0 aliphatic carbocycles. The Hall–Kier alpha value is -3.34. The van der Waals surface area contributed by atoms with E-state index < -0.39 is 0 Å². The monoisotopic (exact) mass is 385 g/mol. The molecule has 1 aliphatic rings. The normalized spacial score (nSPS) is 15.1. The first-order valence-corrected chi connectivity index (χ1v) is 10.1. The van der Waals surface area contributed by atoms with Crippen LogP contribution >= 0.6 is 0 Å². The molecule has 0 radical (unpaired) electrons. The Morgan fingerprint density at radius 2 is 1.79 bits per heavy atom. The van der Waals surface area contributed by atoms with Crippen LogP contribution in [0.1, 0.15) is 40.6 Å². The molecule has 0 N–H and O–H groups in total. The fourth-order valence-electron chi connectivity index (χ4n) is 4.09. The fraction of sp³-hybridized carbons (Fsp3) is 0.250. The second-order valence-corrected chi connectivity index (χ2v) is 7.68. The molecule has 5 nitrogen and oxygen atoms in total. The number of fused-ring (bicyclic) bond motifs is 1. The quantitative estimate of drug-likeness (QED) is 0.502. The summed E-state index contributed by atoms with van der Waals surface area (Å²) in [5.41, 5.74) is 4.66. The van der Waals surface area contributed by atoms with Crippen LogP contribution < -0.4 is 0 Å². The first kappa shape index (κ1) is 17.7. The molecule has 1 saturated heterocycles. The Morgan fingerprint density at radius 3 is 2.55 bits per heavy atom. The van der Waals surface area contributed by atoms with Crippen LogP contribution in [0.15, 0.2) is 71.4 Å². The number of carbonyl (C=O) groups is 1. The lowest BCUT2D eigenvalue weighted by Crippen LogP contribution is -2.38. The van der Waals surface area contributed by atoms with E-state index in [-0.39, 0.29) is 11.8 Å². The maximum absolute atomic E-state index is 13.1. The number of likely N-dealkylation sites (tertiary alicyclic amines) is 1. The molecule has 4 aromatic rings. The van der Waals surface area contributed by atoms with Gasteiger partial charge in [-0.1, -0.05) is 18.2 Å². The third-order valence-electron chi connectivity index (χ3n) is 5.78. The summed E-state index contributed by atoms with van der Waals surface area (Å²) >= 11 is 0. The molecule has 0 atom stereocenters. The van der Waals surface area contributed by atoms with Gasteiger partial charge in [0.15, 0.2) is 11.5 Å². The standard InChI is InChI=1S/C24H23N3O2/c1-17-8-9-19(16-21(17)26-12-4-5-13-26)24(28)27-14-10-18(11-15-27)23-25-20-6-2-3-7-22(20)29-23/h2-9,12-13,16,18H,10-11,14-15H2,1H3. The van der Waals surface area contributed by atoms with Gasteiger partial charge in [-0.05, 0) is 61.7 Å². The van der Waals surface area contributed by atoms with E-state index >= 15 is 0 Å². The van der Waals surface area contributed by atoms with Gasteiger partial charge in [-0.3, -0.25) is 4.79 Å². The molecule has 5 rings (SSSR count). The molecule has 3 heterocycles. The molecule has 1 fully saturated rings. The Labute approximate surface area is 169 Å². The molecule has 0 spiro atoms. The first-order valence-electron chi connectivity index (χ1n) is 10.1. The minimum Gasteiger partial charge on any atom is -0.440 e. The van der Waals surface area contributed by atoms with Crippen molar-refractivity contribution in [1.82, 2.24) is 14.5 Å². The van der Waals surface area contributed by atoms with Gasteiger partial charge in [-0.15, -0.1) is 0 Å². The SMILES string of the molecule is Cc1ccc(C(=O)N2CCC(c3nc4ccccc4o3)CC2)cc1-n1cccc1. The van der Waals surface area contributed by atoms with E-state index in [0.717, 1.165) is 59.7 Å². The number of aromatic nitrogens is 2. The van der Waals surface area contributed by atoms with Crippen molar-refractivity contribution in [2.45, 2.75) is 25.7 Å². The Morgan fingerprint density at radius 1 is 1.03 bits per heavy atom. The molecule has 1 aliphatic heterocycles. The zero-order valence-corrected chi connectivity index (χ0v) is 16.4. The van der Waals surface area contributed by atoms with Gasteiger partial charge >= 0.3 is 0 Å². The summed E-state index contributed by atoms with van der Waals surface area (Å²) in [6.45, 7) is 3.50. The summed E-state index contributed by atoms with van der Waals surface area (Å²) in [5, 5.41) is 0. The van der Waals surface area contributed by atoms with Crippen LogP contribution in [0.25, 0.3) is 16.8 Å². The van der Waals surface area contributed by atoms with Gasteiger partial charge in [0.2, 0.25) is 0 Å². The van der Waals surface area contributed by atoms with Gasteiger partial charge in [-0.2, -0.15) is 0 Å². The van der Waals surface area contributed by atoms with Crippen LogP contribution in [0.4, 0.5) is 0 Å². The second-order valence-electron chi connectivity index (χ2n) is 7.68. The zero-order valence-electron chi connectivity index (χ0n) is 16.4. The predicted molar refractivity (Wildman–Crippen MR) is 112 cm³/mol. The van der Waals surface area contributed by atoms with E-state index in [0.29, 0.717) is 0 Å². The van der Waals surface area contributed by atoms with Crippen molar-refractivity contribution in [3.63, 3.8) is 0 Å². The molecule has 146 valence electrons. The number of para-hydroxylation sites is 2. The molecule has 0 saturated carbocycles. The third-order valence-corrected chi connectivity index (χ3v) is 5.78. The van der Waals surface area contributed by atoms with Crippen LogP contribution in [0, 0.1) is 6.92 Å². The van der Waals surface area contributed by atoms with E-state index in [1.807, 2.05) is 76.5 Å². The maximum atomic E-state index is 13.1. The zero-order chi connectivity index (χ0) is 19.8. The first-order chi connectivity index (χ1) is 14.2. The number of nitrogens with zero attached hydrogens (tertiary/aromatic N) is 3. The lowest BCUT2D eigenvalue weighted by atomic mass is 9.96. The lowest BCUT2D eigenvalue weighted by molar-refractivity contribution is 0.0706. The van der Waals surface area contributed by atoms with Gasteiger partial charge in [0, 0.05) is 42.7 Å². The van der Waals surface area contributed by atoms with Gasteiger partial charge < -0.3 is 13.9 Å². The number of aryl methyl sites for hydroxylation is 1. The molecule has 2 aromatic carbocycles. The summed E-state index contributed by atoms with van der Waals surface area (Å²) in [6.07, 6.45) is 5.74. The minimum atomic E-state index is 0.0921. The summed E-state index contributed by atoms with van der Waals surface area (Å²) in [6, 6.07) is 17.8. The second kappa shape index (κ2) is 7.24. The van der Waals surface area contributed by atoms with E-state index in [1.54, 1.807) is 0 Å². The van der Waals surface area contributed by atoms with Crippen LogP contribution in [-0.4, -0.2) is 33.4 Å². The van der Waals surface area contributed by atoms with Gasteiger partial charge in [0.25, 0.3) is 5.91 Å². The highest BCUT2D eigenvalue weighted by atomic mass is 16.3. The average molecular weight is 385 g/mol. The van der Waals surface area contributed by atoms with Crippen molar-refractivity contribution in [2.75, 3.05) is 13.1 Å². The number of carbonyl (C=O) groups excluding carboxylic acids is 1. The van der Waals surface area contributed by atoms with E-state index in [1.165, 1.54) is 0 Å². The van der Waals surface area contributed by atoms with E-state index in [2.05, 4.69) is 11.9 Å². The number of hydrogen-bond donors (Lipinski definition) is 0. The highest BCUT2D eigenvalue weighted by Gasteiger charge is 2.27. The number of oxazole rings is 1. The van der Waals surface area contributed by atoms with E-state index in [4.69, 9.17) is 4.42 Å². The molecule has 0 bridgehead atoms. The number of benzene rings is 2. The summed E-state index contributed by atoms with van der Waals surface area (Å²) in [4.78, 5) is 19.7. The Kier molecular flexibility index (Phi) is 4.43. The smallest absolute Gasteiger partial charge is 0.253 e. The summed E-state index contributed by atoms with van der Waals surface area (Å²) in [5.74, 6) is 1.15. The molecular formula is C24H23N3O2. The fourth-order valence-corrected chi connectivity index (χ4v) is 4.09. The largest absolute Gasteiger partial charge is 0.440 e. The molecular weight excluding hydrogens is 362 g/mol. The third kappa shape index (κ3) is 3.33. The highest BCUT2D eigenvalue weighted by molar-refractivity contribution is 5.95. The lowest BCUT2D eigenvalue weighted by Gasteiger charge is -2.30. The van der Waals surface area contributed by atoms with Gasteiger partial charge in [0.05, 0.1) is 0 Å². The van der Waals surface area contributed by atoms with Gasteiger partial charge in [0.1, 0.15) is 5.52 Å². The van der Waals surface area contributed by atoms with E-state index in [9.17, 15) is 4.79 Å². The van der Waals surface area contributed by atoms with Gasteiger partial charge in [-0.25, -0.2) is 4.98 Å². The molecule has 5 heteroatoms. The van der Waals surface area contributed by atoms with Crippen LogP contribution in [0.5, 0.6) is 0 Å². The Balaban J connectivity index is 1.31. The van der Waals surface area contributed by atoms with Crippen molar-refractivity contribution >= 4 is 17.0 Å². The van der Waals surface area contributed by atoms with Crippen molar-refractivity contribution in [3.8, 4) is 5.69 Å². The molecule has 1 amide bonds.